The first-order valence-electron chi connectivity index (χ1n) is 9.28. The molecule has 0 radical (unpaired) electrons. The maximum absolute atomic E-state index is 6.07. The normalized spacial score (nSPS) is 17.3. The number of nitrogens with zero attached hydrogens (tertiary/aromatic N) is 2. The molecule has 1 unspecified atom stereocenters. The smallest absolute Gasteiger partial charge is 0.173 e. The lowest BCUT2D eigenvalue weighted by molar-refractivity contribution is 0.307. The molecule has 27 heavy (non-hydrogen) atoms. The van der Waals surface area contributed by atoms with Gasteiger partial charge >= 0.3 is 0 Å². The maximum atomic E-state index is 6.07. The van der Waals surface area contributed by atoms with Gasteiger partial charge in [0.05, 0.1) is 11.0 Å². The molecule has 6 heteroatoms. The maximum Gasteiger partial charge on any atom is 0.173 e. The van der Waals surface area contributed by atoms with Gasteiger partial charge in [-0.15, -0.1) is 0 Å². The van der Waals surface area contributed by atoms with Crippen molar-refractivity contribution in [1.82, 2.24) is 14.9 Å². The number of H-pyrrole nitrogens is 1. The Morgan fingerprint density at radius 1 is 1.26 bits per heavy atom. The number of nitrogens with one attached hydrogen (secondary N) is 2. The Labute approximate surface area is 169 Å². The Bertz CT molecular complexity index is 958. The van der Waals surface area contributed by atoms with Crippen LogP contribution >= 0.6 is 23.8 Å². The SMILES string of the molecule is Cc1cc2nc(C3CCCN(C(=S)Nc4cccc(Cl)c4)C3)[nH]c2cc1C. The largest absolute Gasteiger partial charge is 0.348 e. The number of piperidine rings is 1. The molecule has 140 valence electrons. The van der Waals surface area contributed by atoms with Crippen molar-refractivity contribution in [3.8, 4) is 0 Å². The van der Waals surface area contributed by atoms with E-state index in [1.54, 1.807) is 0 Å². The number of imidazole rings is 1. The van der Waals surface area contributed by atoms with Gasteiger partial charge in [-0.3, -0.25) is 0 Å². The van der Waals surface area contributed by atoms with E-state index < -0.39 is 0 Å². The van der Waals surface area contributed by atoms with Crippen molar-refractivity contribution in [3.05, 3.63) is 58.4 Å². The van der Waals surface area contributed by atoms with Crippen molar-refractivity contribution in [2.24, 2.45) is 0 Å². The zero-order valence-electron chi connectivity index (χ0n) is 15.6. The summed E-state index contributed by atoms with van der Waals surface area (Å²) in [4.78, 5) is 10.6. The van der Waals surface area contributed by atoms with Crippen molar-refractivity contribution in [3.63, 3.8) is 0 Å². The van der Waals surface area contributed by atoms with Crippen LogP contribution in [0.3, 0.4) is 0 Å². The Kier molecular flexibility index (Phi) is 5.06. The number of hydrogen-bond acceptors (Lipinski definition) is 2. The number of likely N-dealkylation sites (tertiary alicyclic amines) is 1. The van der Waals surface area contributed by atoms with Crippen LogP contribution in [0, 0.1) is 13.8 Å². The van der Waals surface area contributed by atoms with Crippen LogP contribution in [-0.2, 0) is 0 Å². The van der Waals surface area contributed by atoms with Crippen LogP contribution in [0.1, 0.15) is 35.7 Å². The number of aromatic amines is 1. The van der Waals surface area contributed by atoms with E-state index >= 15 is 0 Å². The van der Waals surface area contributed by atoms with Gasteiger partial charge in [0, 0.05) is 29.7 Å². The van der Waals surface area contributed by atoms with E-state index in [2.05, 4.69) is 41.2 Å². The zero-order chi connectivity index (χ0) is 19.0. The number of fused-ring (bicyclic) bond motifs is 1. The van der Waals surface area contributed by atoms with Crippen LogP contribution in [0.25, 0.3) is 11.0 Å². The molecule has 2 N–H and O–H groups in total. The number of halogens is 1. The number of thiocarbonyl (C=S) groups is 1. The highest BCUT2D eigenvalue weighted by atomic mass is 35.5. The summed E-state index contributed by atoms with van der Waals surface area (Å²) >= 11 is 11.7. The van der Waals surface area contributed by atoms with E-state index in [1.165, 1.54) is 11.1 Å². The van der Waals surface area contributed by atoms with Crippen LogP contribution in [-0.4, -0.2) is 33.1 Å². The molecule has 0 spiro atoms. The molecule has 1 aliphatic rings. The van der Waals surface area contributed by atoms with Gasteiger partial charge in [0.2, 0.25) is 0 Å². The third-order valence-corrected chi connectivity index (χ3v) is 5.88. The molecule has 2 aromatic carbocycles. The average molecular weight is 399 g/mol. The molecule has 4 nitrogen and oxygen atoms in total. The Morgan fingerprint density at radius 3 is 2.89 bits per heavy atom. The third-order valence-electron chi connectivity index (χ3n) is 5.29. The van der Waals surface area contributed by atoms with Gasteiger partial charge in [-0.1, -0.05) is 17.7 Å². The van der Waals surface area contributed by atoms with Crippen LogP contribution in [0.5, 0.6) is 0 Å². The summed E-state index contributed by atoms with van der Waals surface area (Å²) in [7, 11) is 0. The second kappa shape index (κ2) is 7.49. The van der Waals surface area contributed by atoms with Gasteiger partial charge in [0.15, 0.2) is 5.11 Å². The van der Waals surface area contributed by atoms with Crippen LogP contribution in [0.15, 0.2) is 36.4 Å². The van der Waals surface area contributed by atoms with Crippen LogP contribution in [0.2, 0.25) is 5.02 Å². The molecular formula is C21H23ClN4S. The van der Waals surface area contributed by atoms with Gasteiger partial charge in [-0.05, 0) is 80.4 Å². The topological polar surface area (TPSA) is 44.0 Å². The predicted octanol–water partition coefficient (Wildman–Crippen LogP) is 5.41. The molecule has 0 amide bonds. The van der Waals surface area contributed by atoms with Gasteiger partial charge < -0.3 is 15.2 Å². The number of anilines is 1. The van der Waals surface area contributed by atoms with Crippen LogP contribution in [0.4, 0.5) is 5.69 Å². The second-order valence-corrected chi connectivity index (χ2v) is 8.12. The fourth-order valence-corrected chi connectivity index (χ4v) is 4.11. The lowest BCUT2D eigenvalue weighted by Gasteiger charge is -2.33. The molecule has 1 saturated heterocycles. The lowest BCUT2D eigenvalue weighted by Crippen LogP contribution is -2.41. The van der Waals surface area contributed by atoms with E-state index in [-0.39, 0.29) is 0 Å². The summed E-state index contributed by atoms with van der Waals surface area (Å²) in [5.41, 5.74) is 5.65. The van der Waals surface area contributed by atoms with Crippen molar-refractivity contribution in [1.29, 1.82) is 0 Å². The van der Waals surface area contributed by atoms with Gasteiger partial charge in [0.1, 0.15) is 5.82 Å². The number of rotatable bonds is 2. The van der Waals surface area contributed by atoms with Crippen molar-refractivity contribution >= 4 is 45.7 Å². The fraction of sp³-hybridized carbons (Fsp3) is 0.333. The highest BCUT2D eigenvalue weighted by molar-refractivity contribution is 7.80. The average Bonchev–Trinajstić information content (AvgIpc) is 3.05. The molecule has 4 rings (SSSR count). The number of benzene rings is 2. The summed E-state index contributed by atoms with van der Waals surface area (Å²) in [5.74, 6) is 1.41. The summed E-state index contributed by atoms with van der Waals surface area (Å²) in [6.45, 7) is 6.09. The zero-order valence-corrected chi connectivity index (χ0v) is 17.1. The highest BCUT2D eigenvalue weighted by Gasteiger charge is 2.25. The van der Waals surface area contributed by atoms with E-state index in [0.717, 1.165) is 53.6 Å². The summed E-state index contributed by atoms with van der Waals surface area (Å²) in [6, 6.07) is 12.0. The van der Waals surface area contributed by atoms with Gasteiger partial charge in [-0.25, -0.2) is 4.98 Å². The molecule has 1 fully saturated rings. The Morgan fingerprint density at radius 2 is 2.07 bits per heavy atom. The van der Waals surface area contributed by atoms with Crippen molar-refractivity contribution in [2.45, 2.75) is 32.6 Å². The molecule has 3 aromatic rings. The van der Waals surface area contributed by atoms with Gasteiger partial charge in [0.25, 0.3) is 0 Å². The standard InChI is InChI=1S/C21H23ClN4S/c1-13-9-18-19(10-14(13)2)25-20(24-18)15-5-4-8-26(12-15)21(27)23-17-7-3-6-16(22)11-17/h3,6-7,9-11,15H,4-5,8,12H2,1-2H3,(H,23,27)(H,24,25). The first-order chi connectivity index (χ1) is 13.0. The van der Waals surface area contributed by atoms with Gasteiger partial charge in [-0.2, -0.15) is 0 Å². The second-order valence-electron chi connectivity index (χ2n) is 7.30. The summed E-state index contributed by atoms with van der Waals surface area (Å²) in [6.07, 6.45) is 2.21. The van der Waals surface area contributed by atoms with E-state index in [0.29, 0.717) is 10.9 Å². The number of aryl methyl sites for hydroxylation is 2. The molecule has 0 bridgehead atoms. The monoisotopic (exact) mass is 398 g/mol. The van der Waals surface area contributed by atoms with Crippen LogP contribution < -0.4 is 5.32 Å². The molecule has 1 aromatic heterocycles. The van der Waals surface area contributed by atoms with E-state index in [1.807, 2.05) is 24.3 Å². The quantitative estimate of drug-likeness (QED) is 0.566. The molecule has 1 aliphatic heterocycles. The minimum Gasteiger partial charge on any atom is -0.348 e. The predicted molar refractivity (Wildman–Crippen MR) is 117 cm³/mol. The summed E-state index contributed by atoms with van der Waals surface area (Å²) < 4.78 is 0. The Hall–Kier alpha value is -2.11. The number of hydrogen-bond donors (Lipinski definition) is 2. The molecule has 0 saturated carbocycles. The highest BCUT2D eigenvalue weighted by Crippen LogP contribution is 2.28. The van der Waals surface area contributed by atoms with Crippen molar-refractivity contribution in [2.75, 3.05) is 18.4 Å². The molecule has 0 aliphatic carbocycles. The molecular weight excluding hydrogens is 376 g/mol. The van der Waals surface area contributed by atoms with E-state index in [4.69, 9.17) is 28.8 Å². The first-order valence-corrected chi connectivity index (χ1v) is 10.1. The van der Waals surface area contributed by atoms with Crippen molar-refractivity contribution < 1.29 is 0 Å². The third kappa shape index (κ3) is 3.94. The minimum absolute atomic E-state index is 0.353. The number of aromatic nitrogens is 2. The lowest BCUT2D eigenvalue weighted by atomic mass is 9.98. The van der Waals surface area contributed by atoms with E-state index in [9.17, 15) is 0 Å². The minimum atomic E-state index is 0.353. The Balaban J connectivity index is 1.50. The fourth-order valence-electron chi connectivity index (χ4n) is 3.64. The summed E-state index contributed by atoms with van der Waals surface area (Å²) in [5, 5.41) is 4.75. The first kappa shape index (κ1) is 18.3. The molecule has 2 heterocycles. The molecule has 1 atom stereocenters.